The zero-order valence-corrected chi connectivity index (χ0v) is 17.5. The lowest BCUT2D eigenvalue weighted by Crippen LogP contribution is -2.48. The van der Waals surface area contributed by atoms with Crippen molar-refractivity contribution in [1.29, 1.82) is 0 Å². The van der Waals surface area contributed by atoms with Crippen molar-refractivity contribution in [3.05, 3.63) is 35.8 Å². The summed E-state index contributed by atoms with van der Waals surface area (Å²) in [6.45, 7) is 7.27. The van der Waals surface area contributed by atoms with Crippen LogP contribution in [-0.4, -0.2) is 53.0 Å². The van der Waals surface area contributed by atoms with E-state index < -0.39 is 0 Å². The van der Waals surface area contributed by atoms with E-state index in [1.165, 1.54) is 38.2 Å². The van der Waals surface area contributed by atoms with Crippen molar-refractivity contribution in [3.63, 3.8) is 0 Å². The van der Waals surface area contributed by atoms with Crippen LogP contribution in [0.5, 0.6) is 0 Å². The molecule has 1 amide bonds. The van der Waals surface area contributed by atoms with Gasteiger partial charge in [-0.2, -0.15) is 0 Å². The molecule has 2 fully saturated rings. The Hall–Kier alpha value is -1.59. The average Bonchev–Trinajstić information content (AvgIpc) is 3.08. The first-order chi connectivity index (χ1) is 13.2. The first kappa shape index (κ1) is 21.1. The van der Waals surface area contributed by atoms with Gasteiger partial charge in [-0.15, -0.1) is 12.4 Å². The number of rotatable bonds is 4. The smallest absolute Gasteiger partial charge is 0.256 e. The van der Waals surface area contributed by atoms with Crippen molar-refractivity contribution < 1.29 is 9.18 Å². The van der Waals surface area contributed by atoms with Crippen molar-refractivity contribution in [2.45, 2.75) is 45.6 Å². The molecule has 0 N–H and O–H groups in total. The average molecular weight is 408 g/mol. The fourth-order valence-electron chi connectivity index (χ4n) is 4.71. The van der Waals surface area contributed by atoms with Crippen molar-refractivity contribution in [3.8, 4) is 0 Å². The van der Waals surface area contributed by atoms with Crippen molar-refractivity contribution in [2.75, 3.05) is 32.7 Å². The third kappa shape index (κ3) is 4.20. The van der Waals surface area contributed by atoms with E-state index >= 15 is 0 Å². The molecule has 4 nitrogen and oxygen atoms in total. The number of likely N-dealkylation sites (N-methyl/N-ethyl adjacent to an activating group) is 1. The summed E-state index contributed by atoms with van der Waals surface area (Å²) in [5.41, 5.74) is 1.39. The normalized spacial score (nSPS) is 19.0. The first-order valence-corrected chi connectivity index (χ1v) is 10.5. The third-order valence-electron chi connectivity index (χ3n) is 6.37. The fraction of sp³-hybridized carbons (Fsp3) is 0.591. The van der Waals surface area contributed by atoms with Crippen LogP contribution in [0.25, 0.3) is 10.9 Å². The van der Waals surface area contributed by atoms with Crippen LogP contribution < -0.4 is 0 Å². The lowest BCUT2D eigenvalue weighted by molar-refractivity contribution is 0.0645. The van der Waals surface area contributed by atoms with E-state index in [9.17, 15) is 9.18 Å². The molecule has 1 aromatic carbocycles. The molecule has 28 heavy (non-hydrogen) atoms. The van der Waals surface area contributed by atoms with Crippen molar-refractivity contribution in [2.24, 2.45) is 5.92 Å². The molecule has 4 rings (SSSR count). The molecule has 0 bridgehead atoms. The molecule has 1 aliphatic carbocycles. The number of halogens is 2. The fourth-order valence-corrected chi connectivity index (χ4v) is 4.71. The van der Waals surface area contributed by atoms with Crippen molar-refractivity contribution in [1.82, 2.24) is 14.4 Å². The van der Waals surface area contributed by atoms with Gasteiger partial charge in [0.15, 0.2) is 0 Å². The van der Waals surface area contributed by atoms with Gasteiger partial charge in [-0.1, -0.05) is 32.3 Å². The van der Waals surface area contributed by atoms with Crippen LogP contribution in [0.2, 0.25) is 0 Å². The van der Waals surface area contributed by atoms with Crippen LogP contribution in [0.1, 0.15) is 49.4 Å². The number of hydrogen-bond donors (Lipinski definition) is 0. The molecule has 1 saturated carbocycles. The number of piperazine rings is 1. The van der Waals surface area contributed by atoms with E-state index in [2.05, 4.69) is 16.4 Å². The van der Waals surface area contributed by atoms with Crippen LogP contribution in [0, 0.1) is 11.7 Å². The number of aromatic nitrogens is 1. The molecule has 2 heterocycles. The maximum atomic E-state index is 14.7. The Morgan fingerprint density at radius 3 is 2.50 bits per heavy atom. The number of hydrogen-bond acceptors (Lipinski definition) is 2. The maximum absolute atomic E-state index is 14.7. The molecule has 1 aromatic heterocycles. The Labute approximate surface area is 173 Å². The zero-order valence-electron chi connectivity index (χ0n) is 16.7. The van der Waals surface area contributed by atoms with Gasteiger partial charge in [-0.05, 0) is 37.4 Å². The van der Waals surface area contributed by atoms with Gasteiger partial charge < -0.3 is 14.4 Å². The summed E-state index contributed by atoms with van der Waals surface area (Å²) >= 11 is 0. The summed E-state index contributed by atoms with van der Waals surface area (Å²) < 4.78 is 16.8. The molecular formula is C22H31ClFN3O. The van der Waals surface area contributed by atoms with E-state index in [0.717, 1.165) is 44.8 Å². The number of carbonyl (C=O) groups excluding carboxylic acids is 1. The lowest BCUT2D eigenvalue weighted by Gasteiger charge is -2.34. The van der Waals surface area contributed by atoms with Crippen LogP contribution in [0.4, 0.5) is 4.39 Å². The summed E-state index contributed by atoms with van der Waals surface area (Å²) in [4.78, 5) is 17.4. The van der Waals surface area contributed by atoms with Gasteiger partial charge in [0, 0.05) is 44.3 Å². The zero-order chi connectivity index (χ0) is 18.8. The molecule has 1 aliphatic heterocycles. The Kier molecular flexibility index (Phi) is 7.00. The summed E-state index contributed by atoms with van der Waals surface area (Å²) in [5.74, 6) is 0.322. The molecule has 6 heteroatoms. The Morgan fingerprint density at radius 2 is 1.82 bits per heavy atom. The minimum Gasteiger partial charge on any atom is -0.346 e. The van der Waals surface area contributed by atoms with Crippen LogP contribution in [-0.2, 0) is 6.54 Å². The second-order valence-corrected chi connectivity index (χ2v) is 8.06. The Bertz CT molecular complexity index is 807. The Morgan fingerprint density at radius 1 is 1.11 bits per heavy atom. The standard InChI is InChI=1S/C22H30FN3O.ClH/c1-2-24-11-13-25(14-12-24)22(27)18-16-26(15-17-7-4-3-5-8-17)20-10-6-9-19(23)21(18)20;/h6,9-10,16-17H,2-5,7-8,11-15H2,1H3;1H. The van der Waals surface area contributed by atoms with E-state index in [0.29, 0.717) is 16.9 Å². The molecule has 0 unspecified atom stereocenters. The summed E-state index contributed by atoms with van der Waals surface area (Å²) in [6, 6.07) is 5.18. The van der Waals surface area contributed by atoms with Gasteiger partial charge in [0.1, 0.15) is 5.82 Å². The number of amides is 1. The molecule has 154 valence electrons. The molecule has 0 atom stereocenters. The summed E-state index contributed by atoms with van der Waals surface area (Å²) in [7, 11) is 0. The van der Waals surface area contributed by atoms with Crippen LogP contribution in [0.15, 0.2) is 24.4 Å². The van der Waals surface area contributed by atoms with E-state index in [1.807, 2.05) is 17.2 Å². The minimum atomic E-state index is -0.287. The largest absolute Gasteiger partial charge is 0.346 e. The van der Waals surface area contributed by atoms with Gasteiger partial charge in [-0.25, -0.2) is 4.39 Å². The summed E-state index contributed by atoms with van der Waals surface area (Å²) in [6.07, 6.45) is 8.27. The van der Waals surface area contributed by atoms with Gasteiger partial charge >= 0.3 is 0 Å². The van der Waals surface area contributed by atoms with Gasteiger partial charge in [0.25, 0.3) is 5.91 Å². The van der Waals surface area contributed by atoms with Gasteiger partial charge in [-0.3, -0.25) is 4.79 Å². The number of fused-ring (bicyclic) bond motifs is 1. The SMILES string of the molecule is CCN1CCN(C(=O)c2cn(CC3CCCCC3)c3cccc(F)c23)CC1.Cl. The molecular weight excluding hydrogens is 377 g/mol. The van der Waals surface area contributed by atoms with Crippen LogP contribution in [0.3, 0.4) is 0 Å². The van der Waals surface area contributed by atoms with E-state index in [1.54, 1.807) is 6.07 Å². The molecule has 2 aromatic rings. The maximum Gasteiger partial charge on any atom is 0.256 e. The number of benzene rings is 1. The third-order valence-corrected chi connectivity index (χ3v) is 6.37. The van der Waals surface area contributed by atoms with Gasteiger partial charge in [0.2, 0.25) is 0 Å². The highest BCUT2D eigenvalue weighted by Crippen LogP contribution is 2.30. The second-order valence-electron chi connectivity index (χ2n) is 8.06. The number of nitrogens with zero attached hydrogens (tertiary/aromatic N) is 3. The topological polar surface area (TPSA) is 28.5 Å². The summed E-state index contributed by atoms with van der Waals surface area (Å²) in [5, 5.41) is 0.497. The van der Waals surface area contributed by atoms with E-state index in [-0.39, 0.29) is 24.1 Å². The van der Waals surface area contributed by atoms with E-state index in [4.69, 9.17) is 0 Å². The van der Waals surface area contributed by atoms with Crippen molar-refractivity contribution >= 4 is 29.2 Å². The molecule has 1 saturated heterocycles. The monoisotopic (exact) mass is 407 g/mol. The number of carbonyl (C=O) groups is 1. The van der Waals surface area contributed by atoms with Crippen LogP contribution >= 0.6 is 12.4 Å². The quantitative estimate of drug-likeness (QED) is 0.743. The minimum absolute atomic E-state index is 0. The lowest BCUT2D eigenvalue weighted by atomic mass is 9.89. The first-order valence-electron chi connectivity index (χ1n) is 10.5. The predicted molar refractivity (Wildman–Crippen MR) is 114 cm³/mol. The Balaban J connectivity index is 0.00000225. The second kappa shape index (κ2) is 9.27. The highest BCUT2D eigenvalue weighted by Gasteiger charge is 2.26. The molecule has 2 aliphatic rings. The predicted octanol–water partition coefficient (Wildman–Crippen LogP) is 4.56. The highest BCUT2D eigenvalue weighted by atomic mass is 35.5. The highest BCUT2D eigenvalue weighted by molar-refractivity contribution is 6.07. The molecule has 0 spiro atoms. The van der Waals surface area contributed by atoms with Gasteiger partial charge in [0.05, 0.1) is 11.1 Å². The molecule has 0 radical (unpaired) electrons.